The molecule has 0 saturated heterocycles. The first kappa shape index (κ1) is 15.1. The van der Waals surface area contributed by atoms with Crippen LogP contribution in [0.5, 0.6) is 0 Å². The summed E-state index contributed by atoms with van der Waals surface area (Å²) in [6, 6.07) is 9.99. The second kappa shape index (κ2) is 7.44. The Hall–Kier alpha value is -2.34. The van der Waals surface area contributed by atoms with E-state index in [9.17, 15) is 0 Å². The number of aromatic nitrogens is 2. The summed E-state index contributed by atoms with van der Waals surface area (Å²) in [5.74, 6) is 0.415. The van der Waals surface area contributed by atoms with Crippen molar-refractivity contribution in [2.45, 2.75) is 13.5 Å². The van der Waals surface area contributed by atoms with Gasteiger partial charge in [0.2, 0.25) is 0 Å². The van der Waals surface area contributed by atoms with Gasteiger partial charge in [0.1, 0.15) is 0 Å². The summed E-state index contributed by atoms with van der Waals surface area (Å²) in [5.41, 5.74) is 8.88. The number of hydrogen-bond donors (Lipinski definition) is 2. The molecule has 112 valence electrons. The Morgan fingerprint density at radius 2 is 2.19 bits per heavy atom. The van der Waals surface area contributed by atoms with E-state index in [2.05, 4.69) is 15.4 Å². The molecule has 6 nitrogen and oxygen atoms in total. The van der Waals surface area contributed by atoms with Crippen LogP contribution in [0.3, 0.4) is 0 Å². The number of guanidine groups is 1. The highest BCUT2D eigenvalue weighted by atomic mass is 16.5. The average Bonchev–Trinajstić information content (AvgIpc) is 2.92. The molecular formula is C15H21N5O. The van der Waals surface area contributed by atoms with Gasteiger partial charge in [-0.3, -0.25) is 0 Å². The van der Waals surface area contributed by atoms with E-state index in [1.807, 2.05) is 48.1 Å². The monoisotopic (exact) mass is 287 g/mol. The van der Waals surface area contributed by atoms with E-state index in [1.54, 1.807) is 7.11 Å². The molecule has 2 rings (SSSR count). The maximum Gasteiger partial charge on any atom is 0.188 e. The van der Waals surface area contributed by atoms with Gasteiger partial charge in [0.05, 0.1) is 24.5 Å². The van der Waals surface area contributed by atoms with Crippen LogP contribution < -0.4 is 11.1 Å². The molecule has 0 aliphatic carbocycles. The zero-order valence-corrected chi connectivity index (χ0v) is 12.4. The number of nitrogens with one attached hydrogen (secondary N) is 1. The lowest BCUT2D eigenvalue weighted by Gasteiger charge is -2.09. The zero-order valence-electron chi connectivity index (χ0n) is 12.4. The molecule has 0 unspecified atom stereocenters. The molecule has 0 saturated carbocycles. The highest BCUT2D eigenvalue weighted by Gasteiger charge is 2.04. The highest BCUT2D eigenvalue weighted by molar-refractivity contribution is 5.77. The third-order valence-electron chi connectivity index (χ3n) is 2.99. The Kier molecular flexibility index (Phi) is 5.34. The van der Waals surface area contributed by atoms with Gasteiger partial charge in [0, 0.05) is 19.9 Å². The Bertz CT molecular complexity index is 606. The van der Waals surface area contributed by atoms with Crippen molar-refractivity contribution in [1.82, 2.24) is 15.1 Å². The Morgan fingerprint density at radius 1 is 1.38 bits per heavy atom. The first-order valence-corrected chi connectivity index (χ1v) is 6.84. The molecule has 0 spiro atoms. The Balaban J connectivity index is 2.08. The standard InChI is InChI=1S/C15H21N5O/c1-12-7-9-20(19-12)14-6-4-3-5-13(14)11-18-15(16)17-8-10-21-2/h3-7,9H,8,10-11H2,1-2H3,(H3,16,17,18). The maximum absolute atomic E-state index is 5.82. The molecule has 0 atom stereocenters. The number of benzene rings is 1. The van der Waals surface area contributed by atoms with Gasteiger partial charge in [0.25, 0.3) is 0 Å². The van der Waals surface area contributed by atoms with Crippen molar-refractivity contribution >= 4 is 5.96 Å². The quantitative estimate of drug-likeness (QED) is 0.476. The second-order valence-corrected chi connectivity index (χ2v) is 4.65. The van der Waals surface area contributed by atoms with Gasteiger partial charge in [0.15, 0.2) is 5.96 Å². The van der Waals surface area contributed by atoms with Gasteiger partial charge in [-0.25, -0.2) is 9.67 Å². The van der Waals surface area contributed by atoms with Crippen LogP contribution in [0.4, 0.5) is 0 Å². The van der Waals surface area contributed by atoms with E-state index in [4.69, 9.17) is 10.5 Å². The average molecular weight is 287 g/mol. The first-order chi connectivity index (χ1) is 10.2. The van der Waals surface area contributed by atoms with Crippen molar-refractivity contribution in [3.05, 3.63) is 47.8 Å². The van der Waals surface area contributed by atoms with Gasteiger partial charge < -0.3 is 15.8 Å². The summed E-state index contributed by atoms with van der Waals surface area (Å²) in [6.07, 6.45) is 1.94. The summed E-state index contributed by atoms with van der Waals surface area (Å²) >= 11 is 0. The number of rotatable bonds is 6. The number of hydrogen-bond acceptors (Lipinski definition) is 3. The highest BCUT2D eigenvalue weighted by Crippen LogP contribution is 2.15. The smallest absolute Gasteiger partial charge is 0.188 e. The maximum atomic E-state index is 5.82. The van der Waals surface area contributed by atoms with E-state index < -0.39 is 0 Å². The lowest BCUT2D eigenvalue weighted by atomic mass is 10.2. The first-order valence-electron chi connectivity index (χ1n) is 6.84. The molecular weight excluding hydrogens is 266 g/mol. The van der Waals surface area contributed by atoms with Crippen LogP contribution >= 0.6 is 0 Å². The van der Waals surface area contributed by atoms with Crippen LogP contribution in [0.2, 0.25) is 0 Å². The van der Waals surface area contributed by atoms with E-state index in [1.165, 1.54) is 0 Å². The Morgan fingerprint density at radius 3 is 2.90 bits per heavy atom. The third kappa shape index (κ3) is 4.32. The Labute approximate surface area is 124 Å². The molecule has 0 amide bonds. The summed E-state index contributed by atoms with van der Waals surface area (Å²) < 4.78 is 6.81. The SMILES string of the molecule is COCCNC(N)=NCc1ccccc1-n1ccc(C)n1. The molecule has 21 heavy (non-hydrogen) atoms. The predicted octanol–water partition coefficient (Wildman–Crippen LogP) is 1.23. The number of nitrogens with zero attached hydrogens (tertiary/aromatic N) is 3. The minimum atomic E-state index is 0.415. The van der Waals surface area contributed by atoms with Crippen LogP contribution in [0, 0.1) is 6.92 Å². The van der Waals surface area contributed by atoms with E-state index in [0.29, 0.717) is 25.7 Å². The van der Waals surface area contributed by atoms with Crippen LogP contribution in [-0.2, 0) is 11.3 Å². The van der Waals surface area contributed by atoms with Gasteiger partial charge in [-0.15, -0.1) is 0 Å². The van der Waals surface area contributed by atoms with E-state index in [-0.39, 0.29) is 0 Å². The molecule has 0 bridgehead atoms. The molecule has 2 aromatic rings. The van der Waals surface area contributed by atoms with Gasteiger partial charge in [-0.05, 0) is 24.6 Å². The predicted molar refractivity (Wildman–Crippen MR) is 83.5 cm³/mol. The van der Waals surface area contributed by atoms with Crippen LogP contribution in [0.1, 0.15) is 11.3 Å². The number of methoxy groups -OCH3 is 1. The number of para-hydroxylation sites is 1. The van der Waals surface area contributed by atoms with Crippen molar-refractivity contribution in [2.24, 2.45) is 10.7 Å². The molecule has 6 heteroatoms. The zero-order chi connectivity index (χ0) is 15.1. The summed E-state index contributed by atoms with van der Waals surface area (Å²) in [6.45, 7) is 3.71. The van der Waals surface area contributed by atoms with Crippen molar-refractivity contribution in [3.8, 4) is 5.69 Å². The number of nitrogens with two attached hydrogens (primary N) is 1. The topological polar surface area (TPSA) is 77.5 Å². The normalized spacial score (nSPS) is 11.6. The summed E-state index contributed by atoms with van der Waals surface area (Å²) in [4.78, 5) is 4.35. The van der Waals surface area contributed by atoms with E-state index in [0.717, 1.165) is 16.9 Å². The summed E-state index contributed by atoms with van der Waals surface area (Å²) in [5, 5.41) is 7.43. The van der Waals surface area contributed by atoms with Gasteiger partial charge in [-0.2, -0.15) is 5.10 Å². The fraction of sp³-hybridized carbons (Fsp3) is 0.333. The summed E-state index contributed by atoms with van der Waals surface area (Å²) in [7, 11) is 1.65. The molecule has 3 N–H and O–H groups in total. The van der Waals surface area contributed by atoms with Crippen molar-refractivity contribution in [1.29, 1.82) is 0 Å². The number of ether oxygens (including phenoxy) is 1. The molecule has 1 aromatic carbocycles. The molecule has 0 fully saturated rings. The lowest BCUT2D eigenvalue weighted by Crippen LogP contribution is -2.34. The minimum Gasteiger partial charge on any atom is -0.383 e. The second-order valence-electron chi connectivity index (χ2n) is 4.65. The number of aliphatic imine (C=N–C) groups is 1. The van der Waals surface area contributed by atoms with Gasteiger partial charge >= 0.3 is 0 Å². The van der Waals surface area contributed by atoms with Gasteiger partial charge in [-0.1, -0.05) is 18.2 Å². The molecule has 0 aliphatic rings. The largest absolute Gasteiger partial charge is 0.383 e. The van der Waals surface area contributed by atoms with Crippen molar-refractivity contribution < 1.29 is 4.74 Å². The molecule has 0 aliphatic heterocycles. The fourth-order valence-electron chi connectivity index (χ4n) is 1.92. The van der Waals surface area contributed by atoms with E-state index >= 15 is 0 Å². The van der Waals surface area contributed by atoms with Crippen LogP contribution in [-0.4, -0.2) is 36.0 Å². The molecule has 1 aromatic heterocycles. The van der Waals surface area contributed by atoms with Crippen LogP contribution in [0.15, 0.2) is 41.5 Å². The minimum absolute atomic E-state index is 0.415. The molecule has 0 radical (unpaired) electrons. The molecule has 1 heterocycles. The van der Waals surface area contributed by atoms with Crippen molar-refractivity contribution in [3.63, 3.8) is 0 Å². The van der Waals surface area contributed by atoms with Crippen LogP contribution in [0.25, 0.3) is 5.69 Å². The third-order valence-corrected chi connectivity index (χ3v) is 2.99. The lowest BCUT2D eigenvalue weighted by molar-refractivity contribution is 0.204. The fourth-order valence-corrected chi connectivity index (χ4v) is 1.92. The number of aryl methyl sites for hydroxylation is 1. The van der Waals surface area contributed by atoms with Crippen molar-refractivity contribution in [2.75, 3.05) is 20.3 Å².